The minimum Gasteiger partial charge on any atom is -0.480 e. The summed E-state index contributed by atoms with van der Waals surface area (Å²) in [6, 6.07) is -1.41. The number of likely N-dealkylation sites (tertiary alicyclic amines) is 1. The van der Waals surface area contributed by atoms with Crippen molar-refractivity contribution in [2.75, 3.05) is 6.54 Å². The second kappa shape index (κ2) is 8.76. The molecule has 22 heavy (non-hydrogen) atoms. The number of carboxylic acid groups (broad SMARTS) is 1. The fourth-order valence-corrected chi connectivity index (χ4v) is 2.73. The summed E-state index contributed by atoms with van der Waals surface area (Å²) in [5, 5.41) is 11.8. The first-order chi connectivity index (χ1) is 10.4. The van der Waals surface area contributed by atoms with Gasteiger partial charge in [0.05, 0.1) is 0 Å². The number of carbonyl (C=O) groups excluding carboxylic acids is 2. The Labute approximate surface area is 132 Å². The van der Waals surface area contributed by atoms with Crippen LogP contribution in [0.3, 0.4) is 0 Å². The maximum absolute atomic E-state index is 12.4. The van der Waals surface area contributed by atoms with Gasteiger partial charge in [-0.15, -0.1) is 0 Å². The van der Waals surface area contributed by atoms with E-state index in [1.54, 1.807) is 4.90 Å². The molecule has 0 aromatic heterocycles. The van der Waals surface area contributed by atoms with Crippen molar-refractivity contribution in [1.82, 2.24) is 10.2 Å². The van der Waals surface area contributed by atoms with Gasteiger partial charge in [-0.3, -0.25) is 9.59 Å². The van der Waals surface area contributed by atoms with Gasteiger partial charge in [-0.05, 0) is 25.7 Å². The van der Waals surface area contributed by atoms with Crippen LogP contribution in [-0.2, 0) is 14.4 Å². The molecule has 0 bridgehead atoms. The Balaban J connectivity index is 2.74. The number of aliphatic carboxylic acids is 1. The second-order valence-electron chi connectivity index (χ2n) is 6.24. The summed E-state index contributed by atoms with van der Waals surface area (Å²) in [6.45, 7) is 6.17. The third kappa shape index (κ3) is 5.00. The number of nitrogens with zero attached hydrogens (tertiary/aromatic N) is 1. The largest absolute Gasteiger partial charge is 0.480 e. The number of unbranched alkanes of at least 4 members (excludes halogenated alkanes) is 1. The van der Waals surface area contributed by atoms with Gasteiger partial charge in [-0.2, -0.15) is 0 Å². The molecule has 0 aromatic carbocycles. The first kappa shape index (κ1) is 18.5. The molecule has 0 radical (unpaired) electrons. The van der Waals surface area contributed by atoms with Crippen LogP contribution < -0.4 is 5.32 Å². The van der Waals surface area contributed by atoms with Crippen molar-refractivity contribution < 1.29 is 19.5 Å². The molecule has 0 aromatic rings. The summed E-state index contributed by atoms with van der Waals surface area (Å²) in [5.74, 6) is -1.56. The highest BCUT2D eigenvalue weighted by molar-refractivity contribution is 5.91. The van der Waals surface area contributed by atoms with Gasteiger partial charge in [0.15, 0.2) is 0 Å². The van der Waals surface area contributed by atoms with E-state index in [4.69, 9.17) is 0 Å². The van der Waals surface area contributed by atoms with Gasteiger partial charge in [0.1, 0.15) is 12.1 Å². The number of amides is 2. The van der Waals surface area contributed by atoms with E-state index in [9.17, 15) is 19.5 Å². The lowest BCUT2D eigenvalue weighted by molar-refractivity contribution is -0.147. The number of nitrogens with one attached hydrogen (secondary N) is 1. The van der Waals surface area contributed by atoms with Gasteiger partial charge in [-0.25, -0.2) is 4.79 Å². The summed E-state index contributed by atoms with van der Waals surface area (Å²) in [4.78, 5) is 37.5. The average Bonchev–Trinajstić information content (AvgIpc) is 2.49. The smallest absolute Gasteiger partial charge is 0.326 e. The maximum Gasteiger partial charge on any atom is 0.326 e. The molecule has 1 rings (SSSR count). The third-order valence-corrected chi connectivity index (χ3v) is 4.04. The molecule has 0 aliphatic carbocycles. The van der Waals surface area contributed by atoms with Crippen LogP contribution in [0, 0.1) is 5.92 Å². The molecule has 2 N–H and O–H groups in total. The van der Waals surface area contributed by atoms with E-state index in [-0.39, 0.29) is 17.7 Å². The zero-order chi connectivity index (χ0) is 16.7. The molecule has 2 atom stereocenters. The van der Waals surface area contributed by atoms with Crippen LogP contribution in [0.4, 0.5) is 0 Å². The Bertz CT molecular complexity index is 409. The molecule has 1 saturated heterocycles. The molecule has 0 saturated carbocycles. The predicted molar refractivity (Wildman–Crippen MR) is 83.3 cm³/mol. The third-order valence-electron chi connectivity index (χ3n) is 4.04. The molecule has 1 aliphatic heterocycles. The molecular weight excluding hydrogens is 284 g/mol. The number of hydrogen-bond acceptors (Lipinski definition) is 3. The van der Waals surface area contributed by atoms with Gasteiger partial charge in [-0.1, -0.05) is 33.6 Å². The van der Waals surface area contributed by atoms with E-state index in [1.165, 1.54) is 0 Å². The van der Waals surface area contributed by atoms with Crippen molar-refractivity contribution >= 4 is 17.8 Å². The van der Waals surface area contributed by atoms with Gasteiger partial charge in [0.2, 0.25) is 11.8 Å². The summed E-state index contributed by atoms with van der Waals surface area (Å²) in [5.41, 5.74) is 0. The van der Waals surface area contributed by atoms with Crippen LogP contribution in [0.25, 0.3) is 0 Å². The summed E-state index contributed by atoms with van der Waals surface area (Å²) >= 11 is 0. The minimum absolute atomic E-state index is 0.0414. The zero-order valence-electron chi connectivity index (χ0n) is 13.8. The SMILES string of the molecule is CCCCC(NC(=O)C1CCCCN1C(=O)C(C)C)C(=O)O. The Morgan fingerprint density at radius 1 is 1.27 bits per heavy atom. The molecule has 126 valence electrons. The molecule has 2 unspecified atom stereocenters. The van der Waals surface area contributed by atoms with Gasteiger partial charge in [0, 0.05) is 12.5 Å². The van der Waals surface area contributed by atoms with Crippen molar-refractivity contribution in [1.29, 1.82) is 0 Å². The second-order valence-corrected chi connectivity index (χ2v) is 6.24. The Morgan fingerprint density at radius 2 is 1.95 bits per heavy atom. The quantitative estimate of drug-likeness (QED) is 0.750. The van der Waals surface area contributed by atoms with Crippen molar-refractivity contribution in [3.05, 3.63) is 0 Å². The highest BCUT2D eigenvalue weighted by Gasteiger charge is 2.34. The first-order valence-corrected chi connectivity index (χ1v) is 8.22. The van der Waals surface area contributed by atoms with Crippen molar-refractivity contribution in [2.45, 2.75) is 71.4 Å². The van der Waals surface area contributed by atoms with Crippen LogP contribution in [-0.4, -0.2) is 46.4 Å². The van der Waals surface area contributed by atoms with E-state index in [0.29, 0.717) is 19.4 Å². The Morgan fingerprint density at radius 3 is 2.50 bits per heavy atom. The molecule has 1 aliphatic rings. The van der Waals surface area contributed by atoms with Gasteiger partial charge < -0.3 is 15.3 Å². The van der Waals surface area contributed by atoms with E-state index in [1.807, 2.05) is 20.8 Å². The highest BCUT2D eigenvalue weighted by Crippen LogP contribution is 2.20. The van der Waals surface area contributed by atoms with Crippen LogP contribution >= 0.6 is 0 Å². The minimum atomic E-state index is -1.01. The van der Waals surface area contributed by atoms with Crippen molar-refractivity contribution in [3.8, 4) is 0 Å². The van der Waals surface area contributed by atoms with E-state index < -0.39 is 18.1 Å². The maximum atomic E-state index is 12.4. The number of piperidine rings is 1. The van der Waals surface area contributed by atoms with Gasteiger partial charge in [0.25, 0.3) is 0 Å². The lowest BCUT2D eigenvalue weighted by Gasteiger charge is -2.36. The Kier molecular flexibility index (Phi) is 7.35. The van der Waals surface area contributed by atoms with Crippen LogP contribution in [0.2, 0.25) is 0 Å². The molecule has 1 heterocycles. The first-order valence-electron chi connectivity index (χ1n) is 8.22. The Hall–Kier alpha value is -1.59. The molecule has 1 fully saturated rings. The standard InChI is InChI=1S/C16H28N2O4/c1-4-5-8-12(16(21)22)17-14(19)13-9-6-7-10-18(13)15(20)11(2)3/h11-13H,4-10H2,1-3H3,(H,17,19)(H,21,22). The zero-order valence-corrected chi connectivity index (χ0v) is 13.8. The monoisotopic (exact) mass is 312 g/mol. The molecular formula is C16H28N2O4. The lowest BCUT2D eigenvalue weighted by atomic mass is 9.98. The summed E-state index contributed by atoms with van der Waals surface area (Å²) in [6.07, 6.45) is 4.41. The van der Waals surface area contributed by atoms with Crippen molar-refractivity contribution in [2.24, 2.45) is 5.92 Å². The van der Waals surface area contributed by atoms with Crippen LogP contribution in [0.5, 0.6) is 0 Å². The normalized spacial score (nSPS) is 19.8. The predicted octanol–water partition coefficient (Wildman–Crippen LogP) is 1.78. The van der Waals surface area contributed by atoms with Crippen molar-refractivity contribution in [3.63, 3.8) is 0 Å². The molecule has 2 amide bonds. The molecule has 0 spiro atoms. The number of hydrogen-bond donors (Lipinski definition) is 2. The fourth-order valence-electron chi connectivity index (χ4n) is 2.73. The van der Waals surface area contributed by atoms with E-state index >= 15 is 0 Å². The highest BCUT2D eigenvalue weighted by atomic mass is 16.4. The molecule has 6 heteroatoms. The summed E-state index contributed by atoms with van der Waals surface area (Å²) in [7, 11) is 0. The number of carbonyl (C=O) groups is 3. The van der Waals surface area contributed by atoms with Crippen LogP contribution in [0.1, 0.15) is 59.3 Å². The lowest BCUT2D eigenvalue weighted by Crippen LogP contribution is -2.55. The van der Waals surface area contributed by atoms with Crippen LogP contribution in [0.15, 0.2) is 0 Å². The van der Waals surface area contributed by atoms with E-state index in [2.05, 4.69) is 5.32 Å². The fraction of sp³-hybridized carbons (Fsp3) is 0.812. The summed E-state index contributed by atoms with van der Waals surface area (Å²) < 4.78 is 0. The topological polar surface area (TPSA) is 86.7 Å². The van der Waals surface area contributed by atoms with Gasteiger partial charge >= 0.3 is 5.97 Å². The van der Waals surface area contributed by atoms with E-state index in [0.717, 1.165) is 25.7 Å². The number of carboxylic acids is 1. The molecule has 6 nitrogen and oxygen atoms in total. The average molecular weight is 312 g/mol. The number of rotatable bonds is 7.